The van der Waals surface area contributed by atoms with Crippen LogP contribution in [0, 0.1) is 17.2 Å². The van der Waals surface area contributed by atoms with Gasteiger partial charge in [0.2, 0.25) is 5.91 Å². The van der Waals surface area contributed by atoms with Gasteiger partial charge in [0, 0.05) is 19.8 Å². The zero-order valence-electron chi connectivity index (χ0n) is 9.58. The van der Waals surface area contributed by atoms with E-state index >= 15 is 0 Å². The predicted molar refractivity (Wildman–Crippen MR) is 58.1 cm³/mol. The highest BCUT2D eigenvalue weighted by Crippen LogP contribution is 2.04. The van der Waals surface area contributed by atoms with Gasteiger partial charge in [0.1, 0.15) is 5.92 Å². The van der Waals surface area contributed by atoms with Crippen LogP contribution in [0.1, 0.15) is 33.1 Å². The zero-order chi connectivity index (χ0) is 11.5. The average Bonchev–Trinajstić information content (AvgIpc) is 2.25. The molecule has 0 spiro atoms. The fourth-order valence-corrected chi connectivity index (χ4v) is 1.20. The monoisotopic (exact) mass is 212 g/mol. The molecule has 0 aliphatic heterocycles. The normalized spacial score (nSPS) is 11.8. The van der Waals surface area contributed by atoms with Crippen molar-refractivity contribution in [1.82, 2.24) is 5.32 Å². The van der Waals surface area contributed by atoms with Gasteiger partial charge in [-0.1, -0.05) is 13.3 Å². The topological polar surface area (TPSA) is 62.1 Å². The van der Waals surface area contributed by atoms with Crippen LogP contribution in [-0.4, -0.2) is 25.7 Å². The summed E-state index contributed by atoms with van der Waals surface area (Å²) in [7, 11) is 0. The second kappa shape index (κ2) is 9.47. The molecule has 1 N–H and O–H groups in total. The molecule has 15 heavy (non-hydrogen) atoms. The SMILES string of the molecule is CCCC(C#N)C(=O)NCCCOCC. The first kappa shape index (κ1) is 13.9. The molecule has 0 aliphatic carbocycles. The molecule has 1 amide bonds. The molecule has 0 aromatic carbocycles. The molecule has 0 fully saturated rings. The van der Waals surface area contributed by atoms with Crippen LogP contribution >= 0.6 is 0 Å². The summed E-state index contributed by atoms with van der Waals surface area (Å²) in [4.78, 5) is 11.4. The maximum atomic E-state index is 11.4. The number of nitriles is 1. The molecule has 0 saturated carbocycles. The van der Waals surface area contributed by atoms with Crippen LogP contribution in [0.2, 0.25) is 0 Å². The highest BCUT2D eigenvalue weighted by molar-refractivity contribution is 5.80. The summed E-state index contributed by atoms with van der Waals surface area (Å²) in [5.41, 5.74) is 0. The summed E-state index contributed by atoms with van der Waals surface area (Å²) in [5, 5.41) is 11.5. The molecule has 0 aromatic heterocycles. The Kier molecular flexibility index (Phi) is 8.79. The van der Waals surface area contributed by atoms with E-state index < -0.39 is 5.92 Å². The van der Waals surface area contributed by atoms with Crippen LogP contribution in [0.3, 0.4) is 0 Å². The zero-order valence-corrected chi connectivity index (χ0v) is 9.58. The van der Waals surface area contributed by atoms with Gasteiger partial charge in [0.15, 0.2) is 0 Å². The molecule has 0 radical (unpaired) electrons. The van der Waals surface area contributed by atoms with Crippen molar-refractivity contribution in [3.8, 4) is 6.07 Å². The lowest BCUT2D eigenvalue weighted by molar-refractivity contribution is -0.123. The first-order chi connectivity index (χ1) is 7.26. The van der Waals surface area contributed by atoms with Gasteiger partial charge in [-0.15, -0.1) is 0 Å². The van der Waals surface area contributed by atoms with Gasteiger partial charge >= 0.3 is 0 Å². The number of carbonyl (C=O) groups is 1. The summed E-state index contributed by atoms with van der Waals surface area (Å²) in [6.45, 7) is 5.84. The summed E-state index contributed by atoms with van der Waals surface area (Å²) >= 11 is 0. The minimum absolute atomic E-state index is 0.157. The minimum Gasteiger partial charge on any atom is -0.382 e. The molecule has 0 bridgehead atoms. The quantitative estimate of drug-likeness (QED) is 0.620. The Bertz CT molecular complexity index is 211. The molecule has 0 aliphatic rings. The standard InChI is InChI=1S/C11H20N2O2/c1-3-6-10(9-12)11(14)13-7-5-8-15-4-2/h10H,3-8H2,1-2H3,(H,13,14). The smallest absolute Gasteiger partial charge is 0.237 e. The largest absolute Gasteiger partial charge is 0.382 e. The second-order valence-electron chi connectivity index (χ2n) is 3.31. The van der Waals surface area contributed by atoms with E-state index in [1.54, 1.807) is 0 Å². The van der Waals surface area contributed by atoms with E-state index in [4.69, 9.17) is 10.00 Å². The maximum absolute atomic E-state index is 11.4. The van der Waals surface area contributed by atoms with E-state index in [1.165, 1.54) is 0 Å². The average molecular weight is 212 g/mol. The number of hydrogen-bond acceptors (Lipinski definition) is 3. The third-order valence-corrected chi connectivity index (χ3v) is 2.02. The predicted octanol–water partition coefficient (Wildman–Crippen LogP) is 1.47. The van der Waals surface area contributed by atoms with E-state index in [9.17, 15) is 4.79 Å². The molecule has 86 valence electrons. The first-order valence-electron chi connectivity index (χ1n) is 5.51. The third-order valence-electron chi connectivity index (χ3n) is 2.02. The number of ether oxygens (including phenoxy) is 1. The van der Waals surface area contributed by atoms with Crippen LogP contribution in [-0.2, 0) is 9.53 Å². The van der Waals surface area contributed by atoms with Crippen molar-refractivity contribution >= 4 is 5.91 Å². The highest BCUT2D eigenvalue weighted by atomic mass is 16.5. The minimum atomic E-state index is -0.498. The highest BCUT2D eigenvalue weighted by Gasteiger charge is 2.15. The lowest BCUT2D eigenvalue weighted by atomic mass is 10.1. The summed E-state index contributed by atoms with van der Waals surface area (Å²) in [6.07, 6.45) is 2.28. The van der Waals surface area contributed by atoms with E-state index in [0.29, 0.717) is 26.2 Å². The van der Waals surface area contributed by atoms with E-state index in [-0.39, 0.29) is 5.91 Å². The molecular weight excluding hydrogens is 192 g/mol. The van der Waals surface area contributed by atoms with Gasteiger partial charge in [-0.05, 0) is 19.8 Å². The lowest BCUT2D eigenvalue weighted by Crippen LogP contribution is -2.31. The Hall–Kier alpha value is -1.08. The number of carbonyl (C=O) groups excluding carboxylic acids is 1. The van der Waals surface area contributed by atoms with Crippen LogP contribution in [0.15, 0.2) is 0 Å². The van der Waals surface area contributed by atoms with Crippen molar-refractivity contribution < 1.29 is 9.53 Å². The van der Waals surface area contributed by atoms with Crippen molar-refractivity contribution in [2.24, 2.45) is 5.92 Å². The number of amides is 1. The molecule has 0 heterocycles. The molecular formula is C11H20N2O2. The fourth-order valence-electron chi connectivity index (χ4n) is 1.20. The Morgan fingerprint density at radius 3 is 2.80 bits per heavy atom. The van der Waals surface area contributed by atoms with Gasteiger partial charge in [0.25, 0.3) is 0 Å². The summed E-state index contributed by atoms with van der Waals surface area (Å²) < 4.78 is 5.13. The van der Waals surface area contributed by atoms with E-state index in [1.807, 2.05) is 19.9 Å². The van der Waals surface area contributed by atoms with Gasteiger partial charge in [0.05, 0.1) is 6.07 Å². The van der Waals surface area contributed by atoms with Crippen molar-refractivity contribution in [3.05, 3.63) is 0 Å². The summed E-state index contributed by atoms with van der Waals surface area (Å²) in [5.74, 6) is -0.655. The summed E-state index contributed by atoms with van der Waals surface area (Å²) in [6, 6.07) is 2.01. The second-order valence-corrected chi connectivity index (χ2v) is 3.31. The Morgan fingerprint density at radius 2 is 2.27 bits per heavy atom. The van der Waals surface area contributed by atoms with Gasteiger partial charge in [-0.3, -0.25) is 4.79 Å². The number of rotatable bonds is 8. The molecule has 1 unspecified atom stereocenters. The van der Waals surface area contributed by atoms with Crippen molar-refractivity contribution in [2.75, 3.05) is 19.8 Å². The van der Waals surface area contributed by atoms with Crippen LogP contribution in [0.5, 0.6) is 0 Å². The van der Waals surface area contributed by atoms with Crippen molar-refractivity contribution in [3.63, 3.8) is 0 Å². The molecule has 4 heteroatoms. The third kappa shape index (κ3) is 6.92. The van der Waals surface area contributed by atoms with Gasteiger partial charge in [-0.25, -0.2) is 0 Å². The number of nitrogens with one attached hydrogen (secondary N) is 1. The maximum Gasteiger partial charge on any atom is 0.237 e. The first-order valence-corrected chi connectivity index (χ1v) is 5.51. The molecule has 0 aromatic rings. The Morgan fingerprint density at radius 1 is 1.53 bits per heavy atom. The van der Waals surface area contributed by atoms with Crippen molar-refractivity contribution in [2.45, 2.75) is 33.1 Å². The number of hydrogen-bond donors (Lipinski definition) is 1. The van der Waals surface area contributed by atoms with E-state index in [0.717, 1.165) is 12.8 Å². The van der Waals surface area contributed by atoms with E-state index in [2.05, 4.69) is 5.32 Å². The number of nitrogens with zero attached hydrogens (tertiary/aromatic N) is 1. The molecule has 0 saturated heterocycles. The van der Waals surface area contributed by atoms with Gasteiger partial charge in [-0.2, -0.15) is 5.26 Å². The Labute approximate surface area is 91.6 Å². The fraction of sp³-hybridized carbons (Fsp3) is 0.818. The van der Waals surface area contributed by atoms with Crippen molar-refractivity contribution in [1.29, 1.82) is 5.26 Å². The Balaban J connectivity index is 3.59. The van der Waals surface area contributed by atoms with Crippen LogP contribution in [0.25, 0.3) is 0 Å². The molecule has 1 atom stereocenters. The van der Waals surface area contributed by atoms with Gasteiger partial charge < -0.3 is 10.1 Å². The lowest BCUT2D eigenvalue weighted by Gasteiger charge is -2.08. The van der Waals surface area contributed by atoms with Crippen LogP contribution < -0.4 is 5.32 Å². The molecule has 0 rings (SSSR count). The van der Waals surface area contributed by atoms with Crippen LogP contribution in [0.4, 0.5) is 0 Å². The molecule has 4 nitrogen and oxygen atoms in total.